The average molecular weight is 337 g/mol. The van der Waals surface area contributed by atoms with Crippen molar-refractivity contribution in [1.82, 2.24) is 9.71 Å². The smallest absolute Gasteiger partial charge is 0.241 e. The molecule has 2 saturated carbocycles. The number of halogens is 1. The van der Waals surface area contributed by atoms with Gasteiger partial charge in [-0.3, -0.25) is 4.98 Å². The van der Waals surface area contributed by atoms with Crippen molar-refractivity contribution in [2.75, 3.05) is 0 Å². The number of sulfonamides is 1. The lowest BCUT2D eigenvalue weighted by Crippen LogP contribution is -2.38. The minimum atomic E-state index is -3.56. The van der Waals surface area contributed by atoms with Crippen LogP contribution in [0.1, 0.15) is 25.7 Å². The predicted octanol–water partition coefficient (Wildman–Crippen LogP) is 3.36. The molecule has 1 N–H and O–H groups in total. The first-order valence-electron chi connectivity index (χ1n) is 7.62. The largest absolute Gasteiger partial charge is 0.255 e. The van der Waals surface area contributed by atoms with Gasteiger partial charge < -0.3 is 0 Å². The van der Waals surface area contributed by atoms with Crippen LogP contribution in [0.2, 0.25) is 5.02 Å². The Labute approximate surface area is 134 Å². The predicted molar refractivity (Wildman–Crippen MR) is 86.3 cm³/mol. The summed E-state index contributed by atoms with van der Waals surface area (Å²) in [5, 5.41) is 1.04. The molecule has 1 aromatic heterocycles. The van der Waals surface area contributed by atoms with Gasteiger partial charge in [0, 0.05) is 17.6 Å². The fourth-order valence-corrected chi connectivity index (χ4v) is 4.86. The fraction of sp³-hybridized carbons (Fsp3) is 0.438. The molecule has 4 rings (SSSR count). The summed E-state index contributed by atoms with van der Waals surface area (Å²) in [6, 6.07) is 6.76. The summed E-state index contributed by atoms with van der Waals surface area (Å²) in [5.74, 6) is 1.03. The highest BCUT2D eigenvalue weighted by Crippen LogP contribution is 2.45. The topological polar surface area (TPSA) is 59.1 Å². The molecule has 0 spiro atoms. The van der Waals surface area contributed by atoms with E-state index in [0.717, 1.165) is 25.7 Å². The molecule has 0 radical (unpaired) electrons. The number of pyridine rings is 1. The van der Waals surface area contributed by atoms with E-state index in [1.165, 1.54) is 0 Å². The van der Waals surface area contributed by atoms with Crippen molar-refractivity contribution in [2.45, 2.75) is 36.6 Å². The Morgan fingerprint density at radius 3 is 2.45 bits per heavy atom. The molecule has 0 unspecified atom stereocenters. The monoisotopic (exact) mass is 336 g/mol. The summed E-state index contributed by atoms with van der Waals surface area (Å²) in [7, 11) is -3.56. The van der Waals surface area contributed by atoms with Gasteiger partial charge in [0.1, 0.15) is 0 Å². The van der Waals surface area contributed by atoms with Crippen LogP contribution in [0.5, 0.6) is 0 Å². The lowest BCUT2D eigenvalue weighted by Gasteiger charge is -2.18. The summed E-state index contributed by atoms with van der Waals surface area (Å²) in [6.07, 6.45) is 6.15. The van der Waals surface area contributed by atoms with Gasteiger partial charge in [-0.15, -0.1) is 0 Å². The zero-order chi connectivity index (χ0) is 15.3. The van der Waals surface area contributed by atoms with Gasteiger partial charge in [-0.1, -0.05) is 11.6 Å². The summed E-state index contributed by atoms with van der Waals surface area (Å²) < 4.78 is 28.6. The number of hydrogen-bond acceptors (Lipinski definition) is 3. The average Bonchev–Trinajstić information content (AvgIpc) is 3.39. The number of nitrogens with zero attached hydrogens (tertiary/aromatic N) is 1. The zero-order valence-electron chi connectivity index (χ0n) is 12.0. The molecule has 1 heterocycles. The van der Waals surface area contributed by atoms with E-state index in [0.29, 0.717) is 27.8 Å². The Morgan fingerprint density at radius 2 is 1.82 bits per heavy atom. The maximum Gasteiger partial charge on any atom is 0.241 e. The number of hydrogen-bond donors (Lipinski definition) is 1. The van der Waals surface area contributed by atoms with Gasteiger partial charge >= 0.3 is 0 Å². The minimum Gasteiger partial charge on any atom is -0.255 e. The lowest BCUT2D eigenvalue weighted by molar-refractivity contribution is 0.471. The maximum atomic E-state index is 12.9. The van der Waals surface area contributed by atoms with Crippen molar-refractivity contribution in [1.29, 1.82) is 0 Å². The molecule has 22 heavy (non-hydrogen) atoms. The molecule has 0 saturated heterocycles. The summed E-state index contributed by atoms with van der Waals surface area (Å²) in [4.78, 5) is 4.47. The first-order valence-corrected chi connectivity index (χ1v) is 9.48. The van der Waals surface area contributed by atoms with Gasteiger partial charge in [-0.25, -0.2) is 13.1 Å². The Morgan fingerprint density at radius 1 is 1.14 bits per heavy atom. The highest BCUT2D eigenvalue weighted by atomic mass is 35.5. The molecular weight excluding hydrogens is 320 g/mol. The quantitative estimate of drug-likeness (QED) is 0.910. The van der Waals surface area contributed by atoms with Gasteiger partial charge in [0.25, 0.3) is 0 Å². The first kappa shape index (κ1) is 14.4. The van der Waals surface area contributed by atoms with Crippen molar-refractivity contribution in [2.24, 2.45) is 11.8 Å². The second-order valence-electron chi connectivity index (χ2n) is 6.27. The van der Waals surface area contributed by atoms with Gasteiger partial charge in [0.15, 0.2) is 0 Å². The standard InChI is InChI=1S/C16H17ClN2O2S/c17-13-7-8-14(12-2-1-9-18-16(12)13)22(20,21)19-15(10-3-4-10)11-5-6-11/h1-2,7-11,15,19H,3-6H2. The molecular formula is C16H17ClN2O2S. The molecule has 6 heteroatoms. The number of nitrogens with one attached hydrogen (secondary N) is 1. The Bertz CT molecular complexity index is 817. The minimum absolute atomic E-state index is 0.0902. The van der Waals surface area contributed by atoms with E-state index in [-0.39, 0.29) is 10.9 Å². The van der Waals surface area contributed by atoms with E-state index in [1.54, 1.807) is 30.5 Å². The van der Waals surface area contributed by atoms with Gasteiger partial charge in [0.2, 0.25) is 10.0 Å². The van der Waals surface area contributed by atoms with E-state index in [9.17, 15) is 8.42 Å². The van der Waals surface area contributed by atoms with Crippen LogP contribution in [0.4, 0.5) is 0 Å². The summed E-state index contributed by atoms with van der Waals surface area (Å²) in [5.41, 5.74) is 0.529. The molecule has 2 aliphatic rings. The van der Waals surface area contributed by atoms with Crippen LogP contribution in [0.15, 0.2) is 35.4 Å². The second kappa shape index (κ2) is 5.18. The van der Waals surface area contributed by atoms with Crippen LogP contribution in [-0.4, -0.2) is 19.4 Å². The fourth-order valence-electron chi connectivity index (χ4n) is 3.08. The maximum absolute atomic E-state index is 12.9. The highest BCUT2D eigenvalue weighted by Gasteiger charge is 2.43. The molecule has 0 atom stereocenters. The first-order chi connectivity index (χ1) is 10.6. The summed E-state index contributed by atoms with van der Waals surface area (Å²) >= 11 is 6.13. The SMILES string of the molecule is O=S(=O)(NC(C1CC1)C1CC1)c1ccc(Cl)c2ncccc12. The number of rotatable bonds is 5. The number of fused-ring (bicyclic) bond motifs is 1. The van der Waals surface area contributed by atoms with Crippen molar-refractivity contribution >= 4 is 32.5 Å². The Kier molecular flexibility index (Phi) is 3.40. The van der Waals surface area contributed by atoms with Gasteiger partial charge in [-0.05, 0) is 61.8 Å². The van der Waals surface area contributed by atoms with Crippen LogP contribution in [-0.2, 0) is 10.0 Å². The molecule has 4 nitrogen and oxygen atoms in total. The van der Waals surface area contributed by atoms with E-state index in [1.807, 2.05) is 0 Å². The van der Waals surface area contributed by atoms with Crippen LogP contribution in [0.25, 0.3) is 10.9 Å². The molecule has 116 valence electrons. The molecule has 2 fully saturated rings. The normalized spacial score (nSPS) is 19.0. The third-order valence-corrected chi connectivity index (χ3v) is 6.34. The van der Waals surface area contributed by atoms with E-state index < -0.39 is 10.0 Å². The number of aromatic nitrogens is 1. The van der Waals surface area contributed by atoms with Gasteiger partial charge in [-0.2, -0.15) is 0 Å². The van der Waals surface area contributed by atoms with Crippen molar-refractivity contribution in [3.05, 3.63) is 35.5 Å². The molecule has 2 aromatic rings. The van der Waals surface area contributed by atoms with Crippen LogP contribution >= 0.6 is 11.6 Å². The third kappa shape index (κ3) is 2.62. The molecule has 0 amide bonds. The van der Waals surface area contributed by atoms with Crippen LogP contribution in [0.3, 0.4) is 0 Å². The third-order valence-electron chi connectivity index (χ3n) is 4.52. The van der Waals surface area contributed by atoms with Gasteiger partial charge in [0.05, 0.1) is 15.4 Å². The van der Waals surface area contributed by atoms with Crippen LogP contribution in [0, 0.1) is 11.8 Å². The van der Waals surface area contributed by atoms with E-state index in [2.05, 4.69) is 9.71 Å². The zero-order valence-corrected chi connectivity index (χ0v) is 13.6. The van der Waals surface area contributed by atoms with E-state index >= 15 is 0 Å². The highest BCUT2D eigenvalue weighted by molar-refractivity contribution is 7.89. The Balaban J connectivity index is 1.75. The van der Waals surface area contributed by atoms with Crippen molar-refractivity contribution in [3.8, 4) is 0 Å². The molecule has 0 aliphatic heterocycles. The van der Waals surface area contributed by atoms with Crippen molar-refractivity contribution < 1.29 is 8.42 Å². The summed E-state index contributed by atoms with van der Waals surface area (Å²) in [6.45, 7) is 0. The number of benzene rings is 1. The Hall–Kier alpha value is -1.17. The second-order valence-corrected chi connectivity index (χ2v) is 8.36. The molecule has 1 aromatic carbocycles. The van der Waals surface area contributed by atoms with E-state index in [4.69, 9.17) is 11.6 Å². The van der Waals surface area contributed by atoms with Crippen LogP contribution < -0.4 is 4.72 Å². The molecule has 0 bridgehead atoms. The lowest BCUT2D eigenvalue weighted by atomic mass is 10.1. The van der Waals surface area contributed by atoms with Crippen molar-refractivity contribution in [3.63, 3.8) is 0 Å². The molecule has 2 aliphatic carbocycles.